The van der Waals surface area contributed by atoms with Gasteiger partial charge >= 0.3 is 0 Å². The molecule has 0 aromatic heterocycles. The van der Waals surface area contributed by atoms with E-state index in [1.165, 1.54) is 12.1 Å². The number of piperazine rings is 1. The molecule has 1 aromatic carbocycles. The van der Waals surface area contributed by atoms with Gasteiger partial charge in [-0.15, -0.1) is 0 Å². The minimum Gasteiger partial charge on any atom is -0.368 e. The van der Waals surface area contributed by atoms with E-state index in [2.05, 4.69) is 15.9 Å². The zero-order chi connectivity index (χ0) is 17.2. The molecular weight excluding hydrogens is 307 g/mol. The second-order valence-electron chi connectivity index (χ2n) is 6.76. The smallest absolute Gasteiger partial charge is 0.243 e. The molecule has 0 saturated carbocycles. The van der Waals surface area contributed by atoms with Gasteiger partial charge in [0.05, 0.1) is 6.07 Å². The first-order chi connectivity index (χ1) is 11.5. The number of carbonyl (C=O) groups excluding carboxylic acids is 1. The number of carbonyl (C=O) groups is 1. The van der Waals surface area contributed by atoms with E-state index in [-0.39, 0.29) is 11.7 Å². The highest BCUT2D eigenvalue weighted by Crippen LogP contribution is 2.33. The zero-order valence-electron chi connectivity index (χ0n) is 14.0. The van der Waals surface area contributed by atoms with Crippen LogP contribution in [0.4, 0.5) is 10.1 Å². The molecule has 0 spiro atoms. The number of hydrogen-bond donors (Lipinski definition) is 0. The number of anilines is 1. The van der Waals surface area contributed by atoms with Crippen molar-refractivity contribution < 1.29 is 9.18 Å². The van der Waals surface area contributed by atoms with E-state index in [0.29, 0.717) is 39.0 Å². The molecule has 24 heavy (non-hydrogen) atoms. The molecule has 0 radical (unpaired) electrons. The number of piperidine rings is 1. The third-order valence-electron chi connectivity index (χ3n) is 5.20. The largest absolute Gasteiger partial charge is 0.368 e. The van der Waals surface area contributed by atoms with Gasteiger partial charge < -0.3 is 14.7 Å². The first kappa shape index (κ1) is 16.7. The Morgan fingerprint density at radius 2 is 1.83 bits per heavy atom. The predicted octanol–water partition coefficient (Wildman–Crippen LogP) is 1.71. The fraction of sp³-hybridized carbons (Fsp3) is 0.556. The van der Waals surface area contributed by atoms with Crippen LogP contribution < -0.4 is 4.90 Å². The molecule has 6 heteroatoms. The molecule has 3 rings (SSSR count). The van der Waals surface area contributed by atoms with Crippen molar-refractivity contribution in [1.82, 2.24) is 9.80 Å². The van der Waals surface area contributed by atoms with Crippen LogP contribution in [0, 0.1) is 22.6 Å². The number of rotatable bonds is 2. The lowest BCUT2D eigenvalue weighted by atomic mass is 9.78. The summed E-state index contributed by atoms with van der Waals surface area (Å²) in [4.78, 5) is 19.0. The van der Waals surface area contributed by atoms with E-state index in [1.54, 1.807) is 6.07 Å². The SMILES string of the molecule is CN1CCC(C#N)(C(=O)N2CCN(c3cccc(F)c3)CC2)CC1. The topological polar surface area (TPSA) is 50.6 Å². The molecule has 0 unspecified atom stereocenters. The molecule has 2 aliphatic heterocycles. The van der Waals surface area contributed by atoms with Crippen LogP contribution in [0.3, 0.4) is 0 Å². The summed E-state index contributed by atoms with van der Waals surface area (Å²) in [6.07, 6.45) is 1.20. The van der Waals surface area contributed by atoms with Crippen LogP contribution in [0.15, 0.2) is 24.3 Å². The van der Waals surface area contributed by atoms with Crippen LogP contribution in [0.25, 0.3) is 0 Å². The highest BCUT2D eigenvalue weighted by Gasteiger charge is 2.44. The van der Waals surface area contributed by atoms with E-state index in [4.69, 9.17) is 0 Å². The number of halogens is 1. The molecule has 2 fully saturated rings. The number of likely N-dealkylation sites (tertiary alicyclic amines) is 1. The van der Waals surface area contributed by atoms with E-state index in [1.807, 2.05) is 18.0 Å². The summed E-state index contributed by atoms with van der Waals surface area (Å²) in [6.45, 7) is 4.04. The number of amides is 1. The minimum atomic E-state index is -0.868. The van der Waals surface area contributed by atoms with Gasteiger partial charge in [0.15, 0.2) is 0 Å². The van der Waals surface area contributed by atoms with Gasteiger partial charge in [-0.25, -0.2) is 4.39 Å². The molecule has 0 aliphatic carbocycles. The van der Waals surface area contributed by atoms with E-state index < -0.39 is 5.41 Å². The van der Waals surface area contributed by atoms with Crippen LogP contribution in [0.5, 0.6) is 0 Å². The first-order valence-corrected chi connectivity index (χ1v) is 8.44. The normalized spacial score (nSPS) is 21.4. The molecule has 1 amide bonds. The van der Waals surface area contributed by atoms with E-state index in [9.17, 15) is 14.4 Å². The van der Waals surface area contributed by atoms with Crippen molar-refractivity contribution >= 4 is 11.6 Å². The first-order valence-electron chi connectivity index (χ1n) is 8.44. The Balaban J connectivity index is 1.64. The zero-order valence-corrected chi connectivity index (χ0v) is 14.0. The Kier molecular flexibility index (Phi) is 4.72. The van der Waals surface area contributed by atoms with Crippen LogP contribution in [-0.2, 0) is 4.79 Å². The van der Waals surface area contributed by atoms with Crippen molar-refractivity contribution in [3.05, 3.63) is 30.1 Å². The fourth-order valence-corrected chi connectivity index (χ4v) is 3.52. The molecule has 2 heterocycles. The van der Waals surface area contributed by atoms with Crippen molar-refractivity contribution in [3.8, 4) is 6.07 Å². The van der Waals surface area contributed by atoms with Crippen molar-refractivity contribution in [2.45, 2.75) is 12.8 Å². The van der Waals surface area contributed by atoms with Gasteiger partial charge in [0, 0.05) is 31.9 Å². The Morgan fingerprint density at radius 3 is 2.42 bits per heavy atom. The van der Waals surface area contributed by atoms with Crippen LogP contribution in [-0.4, -0.2) is 62.0 Å². The molecule has 0 bridgehead atoms. The van der Waals surface area contributed by atoms with Gasteiger partial charge in [-0.05, 0) is 51.2 Å². The molecule has 5 nitrogen and oxygen atoms in total. The summed E-state index contributed by atoms with van der Waals surface area (Å²) in [5.74, 6) is -0.280. The summed E-state index contributed by atoms with van der Waals surface area (Å²) in [6, 6.07) is 8.84. The van der Waals surface area contributed by atoms with Crippen LogP contribution in [0.2, 0.25) is 0 Å². The van der Waals surface area contributed by atoms with Crippen molar-refractivity contribution in [2.24, 2.45) is 5.41 Å². The minimum absolute atomic E-state index is 0.0306. The maximum Gasteiger partial charge on any atom is 0.243 e. The molecule has 2 saturated heterocycles. The van der Waals surface area contributed by atoms with Gasteiger partial charge in [-0.3, -0.25) is 4.79 Å². The lowest BCUT2D eigenvalue weighted by Crippen LogP contribution is -2.55. The summed E-state index contributed by atoms with van der Waals surface area (Å²) in [5, 5.41) is 9.62. The lowest BCUT2D eigenvalue weighted by Gasteiger charge is -2.41. The molecule has 128 valence electrons. The summed E-state index contributed by atoms with van der Waals surface area (Å²) < 4.78 is 13.4. The highest BCUT2D eigenvalue weighted by molar-refractivity contribution is 5.86. The monoisotopic (exact) mass is 330 g/mol. The Hall–Kier alpha value is -2.13. The second kappa shape index (κ2) is 6.78. The third-order valence-corrected chi connectivity index (χ3v) is 5.20. The number of hydrogen-bond acceptors (Lipinski definition) is 4. The van der Waals surface area contributed by atoms with Gasteiger partial charge in [-0.1, -0.05) is 6.07 Å². The van der Waals surface area contributed by atoms with Crippen LogP contribution >= 0.6 is 0 Å². The summed E-state index contributed by atoms with van der Waals surface area (Å²) in [7, 11) is 2.02. The predicted molar refractivity (Wildman–Crippen MR) is 90.0 cm³/mol. The van der Waals surface area contributed by atoms with E-state index >= 15 is 0 Å². The maximum atomic E-state index is 13.4. The van der Waals surface area contributed by atoms with Crippen LogP contribution in [0.1, 0.15) is 12.8 Å². The molecule has 0 N–H and O–H groups in total. The average Bonchev–Trinajstić information content (AvgIpc) is 2.62. The summed E-state index contributed by atoms with van der Waals surface area (Å²) >= 11 is 0. The standard InChI is InChI=1S/C18H23FN4O/c1-21-7-5-18(14-20,6-8-21)17(24)23-11-9-22(10-12-23)16-4-2-3-15(19)13-16/h2-4,13H,5-12H2,1H3. The Bertz CT molecular complexity index is 641. The molecule has 2 aliphatic rings. The maximum absolute atomic E-state index is 13.4. The number of benzene rings is 1. The van der Waals surface area contributed by atoms with Crippen molar-refractivity contribution in [3.63, 3.8) is 0 Å². The van der Waals surface area contributed by atoms with Gasteiger partial charge in [0.2, 0.25) is 5.91 Å². The van der Waals surface area contributed by atoms with Gasteiger partial charge in [-0.2, -0.15) is 5.26 Å². The lowest BCUT2D eigenvalue weighted by molar-refractivity contribution is -0.141. The second-order valence-corrected chi connectivity index (χ2v) is 6.76. The van der Waals surface area contributed by atoms with Gasteiger partial charge in [0.1, 0.15) is 11.2 Å². The summed E-state index contributed by atoms with van der Waals surface area (Å²) in [5.41, 5.74) is -0.0236. The molecular formula is C18H23FN4O. The number of nitrogens with zero attached hydrogens (tertiary/aromatic N) is 4. The Labute approximate surface area is 142 Å². The Morgan fingerprint density at radius 1 is 1.17 bits per heavy atom. The van der Waals surface area contributed by atoms with Gasteiger partial charge in [0.25, 0.3) is 0 Å². The number of nitriles is 1. The third kappa shape index (κ3) is 3.22. The highest BCUT2D eigenvalue weighted by atomic mass is 19.1. The van der Waals surface area contributed by atoms with Crippen molar-refractivity contribution in [1.29, 1.82) is 5.26 Å². The molecule has 0 atom stereocenters. The van der Waals surface area contributed by atoms with Crippen molar-refractivity contribution in [2.75, 3.05) is 51.2 Å². The van der Waals surface area contributed by atoms with E-state index in [0.717, 1.165) is 18.8 Å². The molecule has 1 aromatic rings. The fourth-order valence-electron chi connectivity index (χ4n) is 3.52. The average molecular weight is 330 g/mol. The quantitative estimate of drug-likeness (QED) is 0.828.